The van der Waals surface area contributed by atoms with Crippen molar-refractivity contribution >= 4 is 0 Å². The molecule has 0 spiro atoms. The predicted octanol–water partition coefficient (Wildman–Crippen LogP) is 3.85. The first kappa shape index (κ1) is 15.1. The number of benzene rings is 1. The minimum Gasteiger partial charge on any atom is -0.314 e. The topological polar surface area (TPSA) is 15.3 Å². The maximum atomic E-state index is 3.57. The van der Waals surface area contributed by atoms with Gasteiger partial charge in [-0.1, -0.05) is 56.5 Å². The summed E-state index contributed by atoms with van der Waals surface area (Å²) in [5.74, 6) is 1.93. The second kappa shape index (κ2) is 7.42. The van der Waals surface area contributed by atoms with E-state index in [1.54, 1.807) is 0 Å². The third kappa shape index (κ3) is 4.08. The van der Waals surface area contributed by atoms with Gasteiger partial charge in [0.1, 0.15) is 0 Å². The first-order chi connectivity index (χ1) is 10.3. The fourth-order valence-corrected chi connectivity index (χ4v) is 4.19. The molecule has 0 bridgehead atoms. The van der Waals surface area contributed by atoms with E-state index in [0.717, 1.165) is 24.9 Å². The Balaban J connectivity index is 1.57. The number of nitrogens with one attached hydrogen (secondary N) is 1. The molecule has 1 aromatic rings. The van der Waals surface area contributed by atoms with E-state index >= 15 is 0 Å². The Hall–Kier alpha value is -0.860. The van der Waals surface area contributed by atoms with Gasteiger partial charge in [0, 0.05) is 25.7 Å². The van der Waals surface area contributed by atoms with Crippen molar-refractivity contribution in [3.8, 4) is 0 Å². The van der Waals surface area contributed by atoms with Crippen molar-refractivity contribution in [2.45, 2.75) is 45.1 Å². The van der Waals surface area contributed by atoms with E-state index in [4.69, 9.17) is 0 Å². The van der Waals surface area contributed by atoms with Crippen molar-refractivity contribution in [2.75, 3.05) is 26.2 Å². The summed E-state index contributed by atoms with van der Waals surface area (Å²) >= 11 is 0. The van der Waals surface area contributed by atoms with Crippen LogP contribution in [0.4, 0.5) is 0 Å². The molecule has 1 aromatic carbocycles. The third-order valence-corrected chi connectivity index (χ3v) is 5.41. The monoisotopic (exact) mass is 286 g/mol. The van der Waals surface area contributed by atoms with Gasteiger partial charge < -0.3 is 5.32 Å². The molecule has 21 heavy (non-hydrogen) atoms. The van der Waals surface area contributed by atoms with Crippen LogP contribution < -0.4 is 5.32 Å². The number of piperazine rings is 1. The van der Waals surface area contributed by atoms with Gasteiger partial charge in [-0.3, -0.25) is 4.90 Å². The maximum absolute atomic E-state index is 3.57. The van der Waals surface area contributed by atoms with E-state index < -0.39 is 0 Å². The van der Waals surface area contributed by atoms with Crippen LogP contribution in [-0.2, 0) is 0 Å². The van der Waals surface area contributed by atoms with E-state index in [0.29, 0.717) is 6.04 Å². The molecular weight excluding hydrogens is 256 g/mol. The molecule has 3 rings (SSSR count). The number of hydrogen-bond acceptors (Lipinski definition) is 2. The molecule has 2 nitrogen and oxygen atoms in total. The Bertz CT molecular complexity index is 417. The van der Waals surface area contributed by atoms with Gasteiger partial charge in [-0.25, -0.2) is 0 Å². The van der Waals surface area contributed by atoms with Crippen LogP contribution in [0.1, 0.15) is 50.6 Å². The van der Waals surface area contributed by atoms with Crippen molar-refractivity contribution in [3.05, 3.63) is 35.9 Å². The fraction of sp³-hybridized carbons (Fsp3) is 0.684. The van der Waals surface area contributed by atoms with Crippen LogP contribution in [0.2, 0.25) is 0 Å². The van der Waals surface area contributed by atoms with Crippen molar-refractivity contribution < 1.29 is 0 Å². The molecule has 3 unspecified atom stereocenters. The highest BCUT2D eigenvalue weighted by Gasteiger charge is 2.25. The summed E-state index contributed by atoms with van der Waals surface area (Å²) in [5, 5.41) is 3.57. The van der Waals surface area contributed by atoms with Crippen molar-refractivity contribution in [1.82, 2.24) is 10.2 Å². The maximum Gasteiger partial charge on any atom is 0.0473 e. The summed E-state index contributed by atoms with van der Waals surface area (Å²) in [6.07, 6.45) is 7.23. The number of rotatable bonds is 4. The Morgan fingerprint density at radius 1 is 1.19 bits per heavy atom. The molecule has 1 aliphatic carbocycles. The summed E-state index contributed by atoms with van der Waals surface area (Å²) in [4.78, 5) is 2.71. The van der Waals surface area contributed by atoms with Gasteiger partial charge in [-0.05, 0) is 36.8 Å². The lowest BCUT2D eigenvalue weighted by atomic mass is 9.80. The predicted molar refractivity (Wildman–Crippen MR) is 89.4 cm³/mol. The summed E-state index contributed by atoms with van der Waals surface area (Å²) in [7, 11) is 0. The SMILES string of the molecule is CC1CCCC(CCN2CCNCC2c2ccccc2)C1. The van der Waals surface area contributed by atoms with Crippen LogP contribution >= 0.6 is 0 Å². The lowest BCUT2D eigenvalue weighted by Gasteiger charge is -2.38. The van der Waals surface area contributed by atoms with E-state index in [-0.39, 0.29) is 0 Å². The Labute approximate surface area is 129 Å². The quantitative estimate of drug-likeness (QED) is 0.904. The molecule has 0 aromatic heterocycles. The molecule has 116 valence electrons. The highest BCUT2D eigenvalue weighted by molar-refractivity contribution is 5.20. The normalized spacial score (nSPS) is 31.2. The van der Waals surface area contributed by atoms with E-state index in [2.05, 4.69) is 47.5 Å². The zero-order valence-corrected chi connectivity index (χ0v) is 13.4. The molecule has 1 aliphatic heterocycles. The Kier molecular flexibility index (Phi) is 5.32. The van der Waals surface area contributed by atoms with Gasteiger partial charge >= 0.3 is 0 Å². The van der Waals surface area contributed by atoms with Crippen LogP contribution in [0, 0.1) is 11.8 Å². The standard InChI is InChI=1S/C19H30N2/c1-16-6-5-7-17(14-16)10-12-21-13-11-20-15-19(21)18-8-3-2-4-9-18/h2-4,8-9,16-17,19-20H,5-7,10-15H2,1H3. The van der Waals surface area contributed by atoms with Crippen molar-refractivity contribution in [2.24, 2.45) is 11.8 Å². The van der Waals surface area contributed by atoms with Gasteiger partial charge in [0.25, 0.3) is 0 Å². The van der Waals surface area contributed by atoms with E-state index in [1.165, 1.54) is 50.8 Å². The smallest absolute Gasteiger partial charge is 0.0473 e. The average Bonchev–Trinajstić information content (AvgIpc) is 2.54. The Morgan fingerprint density at radius 2 is 2.05 bits per heavy atom. The number of hydrogen-bond donors (Lipinski definition) is 1. The minimum atomic E-state index is 0.570. The van der Waals surface area contributed by atoms with Gasteiger partial charge in [0.15, 0.2) is 0 Å². The minimum absolute atomic E-state index is 0.570. The zero-order valence-electron chi connectivity index (χ0n) is 13.4. The van der Waals surface area contributed by atoms with Gasteiger partial charge in [-0.15, -0.1) is 0 Å². The molecule has 3 atom stereocenters. The highest BCUT2D eigenvalue weighted by atomic mass is 15.2. The largest absolute Gasteiger partial charge is 0.314 e. The Morgan fingerprint density at radius 3 is 2.86 bits per heavy atom. The van der Waals surface area contributed by atoms with E-state index in [1.807, 2.05) is 0 Å². The molecule has 0 radical (unpaired) electrons. The van der Waals surface area contributed by atoms with Crippen LogP contribution in [-0.4, -0.2) is 31.1 Å². The summed E-state index contributed by atoms with van der Waals surface area (Å²) < 4.78 is 0. The second-order valence-electron chi connectivity index (χ2n) is 7.09. The first-order valence-electron chi connectivity index (χ1n) is 8.82. The fourth-order valence-electron chi connectivity index (χ4n) is 4.19. The van der Waals surface area contributed by atoms with Crippen LogP contribution in [0.15, 0.2) is 30.3 Å². The van der Waals surface area contributed by atoms with Crippen molar-refractivity contribution in [3.63, 3.8) is 0 Å². The van der Waals surface area contributed by atoms with E-state index in [9.17, 15) is 0 Å². The third-order valence-electron chi connectivity index (χ3n) is 5.41. The summed E-state index contributed by atoms with van der Waals surface area (Å²) in [5.41, 5.74) is 1.47. The molecular formula is C19H30N2. The molecule has 2 aliphatic rings. The molecule has 2 heteroatoms. The van der Waals surface area contributed by atoms with Gasteiger partial charge in [0.05, 0.1) is 0 Å². The average molecular weight is 286 g/mol. The molecule has 1 N–H and O–H groups in total. The summed E-state index contributed by atoms with van der Waals surface area (Å²) in [6.45, 7) is 7.15. The lowest BCUT2D eigenvalue weighted by Crippen LogP contribution is -2.46. The van der Waals surface area contributed by atoms with Crippen LogP contribution in [0.5, 0.6) is 0 Å². The van der Waals surface area contributed by atoms with Crippen LogP contribution in [0.3, 0.4) is 0 Å². The molecule has 1 heterocycles. The molecule has 1 saturated heterocycles. The lowest BCUT2D eigenvalue weighted by molar-refractivity contribution is 0.140. The second-order valence-corrected chi connectivity index (χ2v) is 7.09. The first-order valence-corrected chi connectivity index (χ1v) is 8.82. The highest BCUT2D eigenvalue weighted by Crippen LogP contribution is 2.32. The van der Waals surface area contributed by atoms with Gasteiger partial charge in [-0.2, -0.15) is 0 Å². The molecule has 2 fully saturated rings. The molecule has 1 saturated carbocycles. The van der Waals surface area contributed by atoms with Crippen molar-refractivity contribution in [1.29, 1.82) is 0 Å². The molecule has 0 amide bonds. The van der Waals surface area contributed by atoms with Gasteiger partial charge in [0.2, 0.25) is 0 Å². The van der Waals surface area contributed by atoms with Crippen LogP contribution in [0.25, 0.3) is 0 Å². The zero-order chi connectivity index (χ0) is 14.5. The number of nitrogens with zero attached hydrogens (tertiary/aromatic N) is 1. The summed E-state index contributed by atoms with van der Waals surface area (Å²) in [6, 6.07) is 11.6.